The highest BCUT2D eigenvalue weighted by molar-refractivity contribution is 9.10. The molecule has 1 saturated heterocycles. The highest BCUT2D eigenvalue weighted by atomic mass is 79.9. The lowest BCUT2D eigenvalue weighted by Crippen LogP contribution is -2.51. The quantitative estimate of drug-likeness (QED) is 0.620. The number of halogens is 1. The summed E-state index contributed by atoms with van der Waals surface area (Å²) in [6, 6.07) is 5.89. The number of thiazole rings is 1. The number of ether oxygens (including phenoxy) is 1. The summed E-state index contributed by atoms with van der Waals surface area (Å²) in [5, 5.41) is 3.08. The zero-order chi connectivity index (χ0) is 16.9. The van der Waals surface area contributed by atoms with Gasteiger partial charge >= 0.3 is 0 Å². The van der Waals surface area contributed by atoms with E-state index in [4.69, 9.17) is 10.5 Å². The first-order chi connectivity index (χ1) is 11.7. The van der Waals surface area contributed by atoms with E-state index < -0.39 is 0 Å². The molecule has 2 heterocycles. The van der Waals surface area contributed by atoms with Crippen LogP contribution in [0, 0.1) is 0 Å². The number of aromatic nitrogens is 1. The van der Waals surface area contributed by atoms with Crippen LogP contribution in [0.2, 0.25) is 0 Å². The van der Waals surface area contributed by atoms with Crippen molar-refractivity contribution in [1.29, 1.82) is 0 Å². The lowest BCUT2D eigenvalue weighted by Gasteiger charge is -2.35. The van der Waals surface area contributed by atoms with Crippen LogP contribution in [0.25, 0.3) is 0 Å². The van der Waals surface area contributed by atoms with Crippen LogP contribution < -0.4 is 15.4 Å². The molecule has 128 valence electrons. The monoisotopic (exact) mass is 409 g/mol. The van der Waals surface area contributed by atoms with E-state index in [-0.39, 0.29) is 0 Å². The maximum atomic E-state index is 6.18. The Bertz CT molecular complexity index is 698. The zero-order valence-corrected chi connectivity index (χ0v) is 15.9. The van der Waals surface area contributed by atoms with Crippen LogP contribution in [-0.4, -0.2) is 49.1 Å². The van der Waals surface area contributed by atoms with Gasteiger partial charge in [-0.05, 0) is 18.2 Å². The van der Waals surface area contributed by atoms with E-state index in [2.05, 4.69) is 35.7 Å². The minimum absolute atomic E-state index is 0.501. The fourth-order valence-corrected chi connectivity index (χ4v) is 3.74. The number of aliphatic imine (C=N–C) groups is 1. The number of methoxy groups -OCH3 is 1. The largest absolute Gasteiger partial charge is 0.496 e. The lowest BCUT2D eigenvalue weighted by atomic mass is 10.2. The summed E-state index contributed by atoms with van der Waals surface area (Å²) in [6.45, 7) is 4.02. The summed E-state index contributed by atoms with van der Waals surface area (Å²) in [7, 11) is 1.66. The average Bonchev–Trinajstić information content (AvgIpc) is 3.14. The van der Waals surface area contributed by atoms with Crippen molar-refractivity contribution in [2.75, 3.05) is 38.2 Å². The van der Waals surface area contributed by atoms with E-state index >= 15 is 0 Å². The maximum absolute atomic E-state index is 6.18. The first kappa shape index (κ1) is 17.0. The van der Waals surface area contributed by atoms with Gasteiger partial charge in [0.15, 0.2) is 11.1 Å². The van der Waals surface area contributed by atoms with E-state index in [9.17, 15) is 0 Å². The summed E-state index contributed by atoms with van der Waals surface area (Å²) in [5.74, 6) is 1.40. The molecule has 1 aliphatic rings. The minimum Gasteiger partial charge on any atom is -0.496 e. The van der Waals surface area contributed by atoms with Crippen LogP contribution >= 0.6 is 27.3 Å². The number of anilines is 1. The van der Waals surface area contributed by atoms with Crippen LogP contribution in [0.1, 0.15) is 5.56 Å². The van der Waals surface area contributed by atoms with Crippen LogP contribution in [0.15, 0.2) is 39.2 Å². The second-order valence-electron chi connectivity index (χ2n) is 5.42. The van der Waals surface area contributed by atoms with Gasteiger partial charge in [-0.1, -0.05) is 15.9 Å². The van der Waals surface area contributed by atoms with Gasteiger partial charge in [0.1, 0.15) is 5.75 Å². The van der Waals surface area contributed by atoms with Crippen molar-refractivity contribution in [1.82, 2.24) is 9.88 Å². The standard InChI is InChI=1S/C16H20BrN5OS/c1-23-14-3-2-13(17)10-12(14)11-20-15(18)21-5-7-22(8-6-21)16-19-4-9-24-16/h2-4,9-10H,5-8,11H2,1H3,(H2,18,20). The van der Waals surface area contributed by atoms with Gasteiger partial charge in [0, 0.05) is 47.8 Å². The summed E-state index contributed by atoms with van der Waals surface area (Å²) in [5.41, 5.74) is 7.19. The Morgan fingerprint density at radius 3 is 2.83 bits per heavy atom. The zero-order valence-electron chi connectivity index (χ0n) is 13.5. The Labute approximate surface area is 154 Å². The molecule has 0 radical (unpaired) electrons. The summed E-state index contributed by atoms with van der Waals surface area (Å²) in [4.78, 5) is 13.3. The van der Waals surface area contributed by atoms with E-state index in [1.54, 1.807) is 18.4 Å². The molecule has 2 N–H and O–H groups in total. The predicted molar refractivity (Wildman–Crippen MR) is 102 cm³/mol. The SMILES string of the molecule is COc1ccc(Br)cc1CN=C(N)N1CCN(c2nccs2)CC1. The summed E-state index contributed by atoms with van der Waals surface area (Å²) < 4.78 is 6.38. The molecule has 0 saturated carbocycles. The van der Waals surface area contributed by atoms with E-state index in [0.29, 0.717) is 12.5 Å². The maximum Gasteiger partial charge on any atom is 0.191 e. The topological polar surface area (TPSA) is 67.0 Å². The molecule has 24 heavy (non-hydrogen) atoms. The number of rotatable bonds is 4. The van der Waals surface area contributed by atoms with Gasteiger partial charge < -0.3 is 20.3 Å². The van der Waals surface area contributed by atoms with Crippen LogP contribution in [0.4, 0.5) is 5.13 Å². The minimum atomic E-state index is 0.501. The fraction of sp³-hybridized carbons (Fsp3) is 0.375. The van der Waals surface area contributed by atoms with E-state index in [1.165, 1.54) is 0 Å². The van der Waals surface area contributed by atoms with Crippen molar-refractivity contribution in [3.63, 3.8) is 0 Å². The third-order valence-corrected chi connectivity index (χ3v) is 5.27. The number of hydrogen-bond donors (Lipinski definition) is 1. The Hall–Kier alpha value is -1.80. The van der Waals surface area contributed by atoms with Crippen molar-refractivity contribution in [3.8, 4) is 5.75 Å². The second-order valence-corrected chi connectivity index (χ2v) is 7.21. The summed E-state index contributed by atoms with van der Waals surface area (Å²) >= 11 is 5.15. The van der Waals surface area contributed by atoms with Gasteiger partial charge in [0.25, 0.3) is 0 Å². The molecule has 1 aromatic heterocycles. The number of piperazine rings is 1. The molecule has 0 spiro atoms. The molecule has 0 unspecified atom stereocenters. The van der Waals surface area contributed by atoms with E-state index in [0.717, 1.165) is 47.1 Å². The van der Waals surface area contributed by atoms with Gasteiger partial charge in [-0.2, -0.15) is 0 Å². The van der Waals surface area contributed by atoms with Crippen molar-refractivity contribution in [3.05, 3.63) is 39.8 Å². The molecule has 3 rings (SSSR count). The molecule has 1 fully saturated rings. The average molecular weight is 410 g/mol. The Balaban J connectivity index is 1.60. The van der Waals surface area contributed by atoms with E-state index in [1.807, 2.05) is 29.8 Å². The number of benzene rings is 1. The Morgan fingerprint density at radius 2 is 2.17 bits per heavy atom. The van der Waals surface area contributed by atoms with Gasteiger partial charge in [-0.15, -0.1) is 11.3 Å². The number of guanidine groups is 1. The highest BCUT2D eigenvalue weighted by Crippen LogP contribution is 2.24. The molecule has 2 aromatic rings. The van der Waals surface area contributed by atoms with Crippen LogP contribution in [-0.2, 0) is 6.54 Å². The van der Waals surface area contributed by atoms with Gasteiger partial charge in [0.05, 0.1) is 13.7 Å². The number of nitrogens with two attached hydrogens (primary N) is 1. The Kier molecular flexibility index (Phi) is 5.57. The van der Waals surface area contributed by atoms with Gasteiger partial charge in [-0.25, -0.2) is 9.98 Å². The van der Waals surface area contributed by atoms with Crippen LogP contribution in [0.3, 0.4) is 0 Å². The molecule has 1 aromatic carbocycles. The lowest BCUT2D eigenvalue weighted by molar-refractivity contribution is 0.380. The smallest absolute Gasteiger partial charge is 0.191 e. The van der Waals surface area contributed by atoms with Crippen molar-refractivity contribution < 1.29 is 4.74 Å². The third-order valence-electron chi connectivity index (χ3n) is 3.95. The molecule has 6 nitrogen and oxygen atoms in total. The highest BCUT2D eigenvalue weighted by Gasteiger charge is 2.19. The molecular formula is C16H20BrN5OS. The second kappa shape index (κ2) is 7.85. The van der Waals surface area contributed by atoms with Crippen molar-refractivity contribution in [2.24, 2.45) is 10.7 Å². The molecular weight excluding hydrogens is 390 g/mol. The molecule has 8 heteroatoms. The van der Waals surface area contributed by atoms with Crippen molar-refractivity contribution in [2.45, 2.75) is 6.54 Å². The molecule has 1 aliphatic heterocycles. The molecule has 0 amide bonds. The fourth-order valence-electron chi connectivity index (χ4n) is 2.64. The number of hydrogen-bond acceptors (Lipinski definition) is 5. The van der Waals surface area contributed by atoms with Gasteiger partial charge in [0.2, 0.25) is 0 Å². The molecule has 0 atom stereocenters. The first-order valence-electron chi connectivity index (χ1n) is 7.69. The third kappa shape index (κ3) is 3.99. The Morgan fingerprint density at radius 1 is 1.38 bits per heavy atom. The molecule has 0 bridgehead atoms. The van der Waals surface area contributed by atoms with Crippen molar-refractivity contribution >= 4 is 38.4 Å². The first-order valence-corrected chi connectivity index (χ1v) is 9.36. The molecule has 0 aliphatic carbocycles. The van der Waals surface area contributed by atoms with Gasteiger partial charge in [-0.3, -0.25) is 0 Å². The summed E-state index contributed by atoms with van der Waals surface area (Å²) in [6.07, 6.45) is 1.84. The predicted octanol–water partition coefficient (Wildman–Crippen LogP) is 2.55. The number of nitrogens with zero attached hydrogens (tertiary/aromatic N) is 4. The van der Waals surface area contributed by atoms with Crippen LogP contribution in [0.5, 0.6) is 5.75 Å². The normalized spacial score (nSPS) is 15.7.